The van der Waals surface area contributed by atoms with Gasteiger partial charge < -0.3 is 20.2 Å². The lowest BCUT2D eigenvalue weighted by Gasteiger charge is -2.34. The smallest absolute Gasteiger partial charge is 0.323 e. The maximum absolute atomic E-state index is 12.0. The number of rotatable bonds is 3. The third kappa shape index (κ3) is 3.37. The molecular formula is C10H19N3O3. The van der Waals surface area contributed by atoms with Crippen LogP contribution in [0.3, 0.4) is 0 Å². The normalized spacial score (nSPS) is 16.3. The molecule has 1 aliphatic rings. The van der Waals surface area contributed by atoms with Gasteiger partial charge in [-0.3, -0.25) is 4.79 Å². The Labute approximate surface area is 95.2 Å². The second-order valence-electron chi connectivity index (χ2n) is 4.14. The van der Waals surface area contributed by atoms with Gasteiger partial charge in [-0.1, -0.05) is 0 Å². The fraction of sp³-hybridized carbons (Fsp3) is 0.800. The highest BCUT2D eigenvalue weighted by Gasteiger charge is 2.25. The van der Waals surface area contributed by atoms with E-state index >= 15 is 0 Å². The van der Waals surface area contributed by atoms with Crippen molar-refractivity contribution in [2.75, 3.05) is 32.7 Å². The van der Waals surface area contributed by atoms with E-state index in [0.29, 0.717) is 13.1 Å². The maximum atomic E-state index is 12.0. The lowest BCUT2D eigenvalue weighted by Crippen LogP contribution is -2.54. The van der Waals surface area contributed by atoms with E-state index in [4.69, 9.17) is 5.11 Å². The molecule has 1 heterocycles. The largest absolute Gasteiger partial charge is 0.480 e. The first-order valence-electron chi connectivity index (χ1n) is 5.50. The van der Waals surface area contributed by atoms with Crippen molar-refractivity contribution >= 4 is 12.0 Å². The number of nitrogens with zero attached hydrogens (tertiary/aromatic N) is 2. The summed E-state index contributed by atoms with van der Waals surface area (Å²) in [5.74, 6) is -0.975. The zero-order valence-corrected chi connectivity index (χ0v) is 9.77. The van der Waals surface area contributed by atoms with Crippen LogP contribution in [0.4, 0.5) is 4.79 Å². The summed E-state index contributed by atoms with van der Waals surface area (Å²) in [5.41, 5.74) is 0. The van der Waals surface area contributed by atoms with Gasteiger partial charge in [-0.15, -0.1) is 0 Å². The predicted octanol–water partition coefficient (Wildman–Crippen LogP) is -0.193. The predicted molar refractivity (Wildman–Crippen MR) is 59.3 cm³/mol. The number of aliphatic carboxylic acids is 1. The Kier molecular flexibility index (Phi) is 4.54. The van der Waals surface area contributed by atoms with Crippen molar-refractivity contribution in [3.8, 4) is 0 Å². The molecule has 1 rings (SSSR count). The topological polar surface area (TPSA) is 72.9 Å². The second-order valence-corrected chi connectivity index (χ2v) is 4.14. The molecule has 16 heavy (non-hydrogen) atoms. The molecule has 0 aromatic carbocycles. The van der Waals surface area contributed by atoms with Crippen LogP contribution in [0.25, 0.3) is 0 Å². The van der Waals surface area contributed by atoms with E-state index in [0.717, 1.165) is 13.1 Å². The second kappa shape index (κ2) is 5.69. The molecule has 0 bridgehead atoms. The van der Waals surface area contributed by atoms with Crippen LogP contribution in [0.1, 0.15) is 13.8 Å². The minimum atomic E-state index is -0.975. The Morgan fingerprint density at radius 1 is 1.38 bits per heavy atom. The summed E-state index contributed by atoms with van der Waals surface area (Å²) in [6, 6.07) is -0.280. The Morgan fingerprint density at radius 3 is 2.38 bits per heavy atom. The maximum Gasteiger partial charge on any atom is 0.323 e. The first-order valence-corrected chi connectivity index (χ1v) is 5.50. The number of carboxylic acid groups (broad SMARTS) is 1. The monoisotopic (exact) mass is 229 g/mol. The lowest BCUT2D eigenvalue weighted by atomic mass is 10.3. The minimum absolute atomic E-state index is 0.0986. The Bertz CT molecular complexity index is 262. The summed E-state index contributed by atoms with van der Waals surface area (Å²) in [6.07, 6.45) is 0. The molecule has 6 nitrogen and oxygen atoms in total. The molecule has 0 unspecified atom stereocenters. The van der Waals surface area contributed by atoms with Crippen LogP contribution in [0, 0.1) is 0 Å². The minimum Gasteiger partial charge on any atom is -0.480 e. The zero-order chi connectivity index (χ0) is 12.1. The fourth-order valence-electron chi connectivity index (χ4n) is 1.65. The summed E-state index contributed by atoms with van der Waals surface area (Å²) in [4.78, 5) is 25.8. The summed E-state index contributed by atoms with van der Waals surface area (Å²) in [6.45, 7) is 6.23. The number of piperazine rings is 1. The van der Waals surface area contributed by atoms with Crippen LogP contribution in [-0.4, -0.2) is 65.7 Å². The van der Waals surface area contributed by atoms with Gasteiger partial charge in [0, 0.05) is 32.2 Å². The van der Waals surface area contributed by atoms with Crippen LogP contribution in [-0.2, 0) is 4.79 Å². The Balaban J connectivity index is 2.61. The van der Waals surface area contributed by atoms with Gasteiger partial charge in [0.2, 0.25) is 0 Å². The molecule has 0 aliphatic carbocycles. The van der Waals surface area contributed by atoms with E-state index in [1.54, 1.807) is 4.90 Å². The molecule has 6 heteroatoms. The van der Waals surface area contributed by atoms with Crippen LogP contribution < -0.4 is 5.32 Å². The number of urea groups is 1. The van der Waals surface area contributed by atoms with Gasteiger partial charge in [0.1, 0.15) is 6.54 Å². The number of hydrogen-bond donors (Lipinski definition) is 2. The van der Waals surface area contributed by atoms with E-state index in [1.165, 1.54) is 4.90 Å². The molecule has 0 aromatic heterocycles. The molecule has 0 saturated carbocycles. The summed E-state index contributed by atoms with van der Waals surface area (Å²) < 4.78 is 0. The van der Waals surface area contributed by atoms with E-state index in [2.05, 4.69) is 5.32 Å². The highest BCUT2D eigenvalue weighted by atomic mass is 16.4. The van der Waals surface area contributed by atoms with E-state index < -0.39 is 5.97 Å². The van der Waals surface area contributed by atoms with Gasteiger partial charge in [-0.25, -0.2) is 4.79 Å². The average Bonchev–Trinajstić information content (AvgIpc) is 2.25. The van der Waals surface area contributed by atoms with Gasteiger partial charge in [0.25, 0.3) is 0 Å². The first-order chi connectivity index (χ1) is 7.52. The van der Waals surface area contributed by atoms with E-state index in [9.17, 15) is 9.59 Å². The molecule has 1 fully saturated rings. The number of carbonyl (C=O) groups excluding carboxylic acids is 1. The fourth-order valence-corrected chi connectivity index (χ4v) is 1.65. The molecule has 92 valence electrons. The molecular weight excluding hydrogens is 210 g/mol. The molecule has 0 atom stereocenters. The molecule has 2 N–H and O–H groups in total. The SMILES string of the molecule is CC(C)N(CC(=O)O)C(=O)N1CCNCC1. The summed E-state index contributed by atoms with van der Waals surface area (Å²) in [5, 5.41) is 11.9. The van der Waals surface area contributed by atoms with Gasteiger partial charge >= 0.3 is 12.0 Å². The molecule has 0 radical (unpaired) electrons. The molecule has 1 aliphatic heterocycles. The number of nitrogens with one attached hydrogen (secondary N) is 1. The van der Waals surface area contributed by atoms with Crippen molar-refractivity contribution in [2.24, 2.45) is 0 Å². The highest BCUT2D eigenvalue weighted by molar-refractivity contribution is 5.80. The van der Waals surface area contributed by atoms with Crippen molar-refractivity contribution in [3.63, 3.8) is 0 Å². The van der Waals surface area contributed by atoms with Gasteiger partial charge in [-0.05, 0) is 13.8 Å². The highest BCUT2D eigenvalue weighted by Crippen LogP contribution is 2.05. The third-order valence-corrected chi connectivity index (χ3v) is 2.56. The average molecular weight is 229 g/mol. The standard InChI is InChI=1S/C10H19N3O3/c1-8(2)13(7-9(14)15)10(16)12-5-3-11-4-6-12/h8,11H,3-7H2,1-2H3,(H,14,15). The van der Waals surface area contributed by atoms with Crippen molar-refractivity contribution < 1.29 is 14.7 Å². The number of carbonyl (C=O) groups is 2. The summed E-state index contributed by atoms with van der Waals surface area (Å²) in [7, 11) is 0. The Morgan fingerprint density at radius 2 is 1.94 bits per heavy atom. The van der Waals surface area contributed by atoms with Gasteiger partial charge in [0.15, 0.2) is 0 Å². The van der Waals surface area contributed by atoms with Crippen LogP contribution >= 0.6 is 0 Å². The van der Waals surface area contributed by atoms with Crippen molar-refractivity contribution in [3.05, 3.63) is 0 Å². The first kappa shape index (κ1) is 12.8. The molecule has 0 aromatic rings. The number of amides is 2. The molecule has 0 spiro atoms. The van der Waals surface area contributed by atoms with Crippen LogP contribution in [0.15, 0.2) is 0 Å². The van der Waals surface area contributed by atoms with Crippen molar-refractivity contribution in [1.82, 2.24) is 15.1 Å². The Hall–Kier alpha value is -1.30. The van der Waals surface area contributed by atoms with E-state index in [-0.39, 0.29) is 18.6 Å². The third-order valence-electron chi connectivity index (χ3n) is 2.56. The number of carboxylic acids is 1. The quantitative estimate of drug-likeness (QED) is 0.703. The van der Waals surface area contributed by atoms with Crippen LogP contribution in [0.5, 0.6) is 0 Å². The zero-order valence-electron chi connectivity index (χ0n) is 9.77. The lowest BCUT2D eigenvalue weighted by molar-refractivity contribution is -0.138. The van der Waals surface area contributed by atoms with Gasteiger partial charge in [-0.2, -0.15) is 0 Å². The van der Waals surface area contributed by atoms with Crippen molar-refractivity contribution in [1.29, 1.82) is 0 Å². The van der Waals surface area contributed by atoms with Crippen LogP contribution in [0.2, 0.25) is 0 Å². The van der Waals surface area contributed by atoms with Gasteiger partial charge in [0.05, 0.1) is 0 Å². The molecule has 1 saturated heterocycles. The van der Waals surface area contributed by atoms with E-state index in [1.807, 2.05) is 13.8 Å². The van der Waals surface area contributed by atoms with Crippen molar-refractivity contribution in [2.45, 2.75) is 19.9 Å². The molecule has 2 amide bonds. The summed E-state index contributed by atoms with van der Waals surface area (Å²) >= 11 is 0. The number of hydrogen-bond acceptors (Lipinski definition) is 3.